The van der Waals surface area contributed by atoms with Crippen LogP contribution in [0.2, 0.25) is 0 Å². The number of nitrogens with one attached hydrogen (secondary N) is 2. The monoisotopic (exact) mass is 336 g/mol. The zero-order valence-electron chi connectivity index (χ0n) is 14.3. The molecule has 2 fully saturated rings. The molecule has 0 saturated carbocycles. The Kier molecular flexibility index (Phi) is 4.81. The molecule has 2 saturated heterocycles. The van der Waals surface area contributed by atoms with E-state index in [0.717, 1.165) is 19.5 Å². The van der Waals surface area contributed by atoms with Crippen LogP contribution in [0.1, 0.15) is 29.0 Å². The Hall–Kier alpha value is -2.00. The van der Waals surface area contributed by atoms with Gasteiger partial charge < -0.3 is 15.0 Å². The summed E-state index contributed by atoms with van der Waals surface area (Å²) in [7, 11) is 3.50. The number of amides is 2. The highest BCUT2D eigenvalue weighted by Gasteiger charge is 2.38. The van der Waals surface area contributed by atoms with E-state index in [2.05, 4.69) is 25.6 Å². The van der Waals surface area contributed by atoms with Gasteiger partial charge in [-0.2, -0.15) is 15.4 Å². The number of morpholine rings is 1. The molecule has 9 heteroatoms. The van der Waals surface area contributed by atoms with Crippen LogP contribution in [0.5, 0.6) is 0 Å². The van der Waals surface area contributed by atoms with Gasteiger partial charge in [-0.1, -0.05) is 0 Å². The molecule has 24 heavy (non-hydrogen) atoms. The Labute approximate surface area is 140 Å². The molecule has 2 aliphatic heterocycles. The molecule has 132 valence electrons. The molecule has 2 aliphatic rings. The topological polar surface area (TPSA) is 103 Å². The highest BCUT2D eigenvalue weighted by atomic mass is 16.5. The second kappa shape index (κ2) is 6.86. The molecule has 2 amide bonds. The third-order valence-electron chi connectivity index (χ3n) is 4.66. The first-order valence-electron chi connectivity index (χ1n) is 8.18. The average Bonchev–Trinajstić information content (AvgIpc) is 3.12. The minimum absolute atomic E-state index is 0.0606. The molecule has 1 aromatic heterocycles. The van der Waals surface area contributed by atoms with Gasteiger partial charge >= 0.3 is 0 Å². The van der Waals surface area contributed by atoms with Gasteiger partial charge in [-0.25, -0.2) is 0 Å². The van der Waals surface area contributed by atoms with E-state index in [1.54, 1.807) is 25.9 Å². The van der Waals surface area contributed by atoms with Crippen LogP contribution in [-0.4, -0.2) is 89.0 Å². The van der Waals surface area contributed by atoms with Crippen LogP contribution in [0.3, 0.4) is 0 Å². The fourth-order valence-corrected chi connectivity index (χ4v) is 3.30. The van der Waals surface area contributed by atoms with Gasteiger partial charge in [-0.15, -0.1) is 0 Å². The minimum atomic E-state index is -0.202. The van der Waals surface area contributed by atoms with Crippen LogP contribution in [0.15, 0.2) is 0 Å². The molecule has 9 nitrogen and oxygen atoms in total. The number of H-pyrrole nitrogens is 1. The molecule has 3 heterocycles. The van der Waals surface area contributed by atoms with Crippen LogP contribution in [0, 0.1) is 6.92 Å². The summed E-state index contributed by atoms with van der Waals surface area (Å²) in [5.41, 5.74) is 0.930. The number of hydrogen-bond acceptors (Lipinski definition) is 6. The van der Waals surface area contributed by atoms with E-state index in [1.807, 2.05) is 0 Å². The van der Waals surface area contributed by atoms with E-state index in [-0.39, 0.29) is 24.0 Å². The third-order valence-corrected chi connectivity index (χ3v) is 4.66. The second-order valence-corrected chi connectivity index (χ2v) is 6.72. The third kappa shape index (κ3) is 3.57. The van der Waals surface area contributed by atoms with Gasteiger partial charge in [0.15, 0.2) is 5.69 Å². The van der Waals surface area contributed by atoms with Crippen molar-refractivity contribution in [2.75, 3.05) is 33.8 Å². The highest BCUT2D eigenvalue weighted by Crippen LogP contribution is 2.24. The maximum absolute atomic E-state index is 12.2. The lowest BCUT2D eigenvalue weighted by Crippen LogP contribution is -2.47. The van der Waals surface area contributed by atoms with Crippen molar-refractivity contribution >= 4 is 11.8 Å². The molecule has 1 aromatic rings. The summed E-state index contributed by atoms with van der Waals surface area (Å²) in [5.74, 6) is -0.129. The maximum atomic E-state index is 12.2. The van der Waals surface area contributed by atoms with Crippen molar-refractivity contribution in [3.63, 3.8) is 0 Å². The molecule has 0 aromatic carbocycles. The first kappa shape index (κ1) is 16.8. The number of aromatic nitrogens is 3. The normalized spacial score (nSPS) is 26.9. The van der Waals surface area contributed by atoms with Crippen LogP contribution >= 0.6 is 0 Å². The fourth-order valence-electron chi connectivity index (χ4n) is 3.30. The number of hydrogen-bond donors (Lipinski definition) is 2. The Morgan fingerprint density at radius 1 is 1.38 bits per heavy atom. The number of fused-ring (bicyclic) bond motifs is 1. The summed E-state index contributed by atoms with van der Waals surface area (Å²) < 4.78 is 5.83. The minimum Gasteiger partial charge on any atom is -0.375 e. The molecule has 3 atom stereocenters. The van der Waals surface area contributed by atoms with Gasteiger partial charge in [0.2, 0.25) is 5.91 Å². The number of aryl methyl sites for hydroxylation is 1. The zero-order chi connectivity index (χ0) is 17.3. The SMILES string of the molecule is Cc1n[nH]nc1C(=O)N[C@@H]1C[C@H]2CO[C@@H](CC(=O)N(C)C)CN2C1. The number of carbonyl (C=O) groups is 2. The van der Waals surface area contributed by atoms with Gasteiger partial charge in [-0.3, -0.25) is 14.5 Å². The summed E-state index contributed by atoms with van der Waals surface area (Å²) in [6.07, 6.45) is 1.16. The summed E-state index contributed by atoms with van der Waals surface area (Å²) in [5, 5.41) is 13.2. The first-order valence-corrected chi connectivity index (χ1v) is 8.18. The lowest BCUT2D eigenvalue weighted by atomic mass is 10.1. The van der Waals surface area contributed by atoms with Gasteiger partial charge in [0.05, 0.1) is 24.8 Å². The molecule has 0 aliphatic carbocycles. The fraction of sp³-hybridized carbons (Fsp3) is 0.733. The highest BCUT2D eigenvalue weighted by molar-refractivity contribution is 5.93. The quantitative estimate of drug-likeness (QED) is 0.743. The van der Waals surface area contributed by atoms with Crippen molar-refractivity contribution < 1.29 is 14.3 Å². The van der Waals surface area contributed by atoms with Crippen molar-refractivity contribution in [3.05, 3.63) is 11.4 Å². The molecule has 3 rings (SSSR count). The number of ether oxygens (including phenoxy) is 1. The van der Waals surface area contributed by atoms with Gasteiger partial charge in [0, 0.05) is 39.3 Å². The number of carbonyl (C=O) groups excluding carboxylic acids is 2. The molecule has 0 radical (unpaired) electrons. The lowest BCUT2D eigenvalue weighted by molar-refractivity contribution is -0.134. The van der Waals surface area contributed by atoms with Gasteiger partial charge in [0.1, 0.15) is 0 Å². The van der Waals surface area contributed by atoms with E-state index >= 15 is 0 Å². The Morgan fingerprint density at radius 2 is 2.17 bits per heavy atom. The summed E-state index contributed by atoms with van der Waals surface area (Å²) >= 11 is 0. The van der Waals surface area contributed by atoms with Crippen LogP contribution in [-0.2, 0) is 9.53 Å². The second-order valence-electron chi connectivity index (χ2n) is 6.72. The number of nitrogens with zero attached hydrogens (tertiary/aromatic N) is 4. The Balaban J connectivity index is 1.52. The molecule has 0 bridgehead atoms. The standard InChI is InChI=1S/C15H24N6O3/c1-9-14(18-19-17-9)15(23)16-10-4-11-8-24-12(7-21(11)6-10)5-13(22)20(2)3/h10-12H,4-8H2,1-3H3,(H,16,23)(H,17,18,19)/t10-,11+,12+/m1/s1. The molecular weight excluding hydrogens is 312 g/mol. The summed E-state index contributed by atoms with van der Waals surface area (Å²) in [4.78, 5) is 28.0. The smallest absolute Gasteiger partial charge is 0.274 e. The van der Waals surface area contributed by atoms with E-state index < -0.39 is 0 Å². The molecular formula is C15H24N6O3. The largest absolute Gasteiger partial charge is 0.375 e. The zero-order valence-corrected chi connectivity index (χ0v) is 14.3. The first-order chi connectivity index (χ1) is 11.4. The van der Waals surface area contributed by atoms with Crippen LogP contribution < -0.4 is 5.32 Å². The molecule has 2 N–H and O–H groups in total. The van der Waals surface area contributed by atoms with Gasteiger partial charge in [-0.05, 0) is 13.3 Å². The van der Waals surface area contributed by atoms with E-state index in [1.165, 1.54) is 0 Å². The van der Waals surface area contributed by atoms with E-state index in [4.69, 9.17) is 4.74 Å². The Morgan fingerprint density at radius 3 is 2.83 bits per heavy atom. The predicted octanol–water partition coefficient (Wildman–Crippen LogP) is -0.837. The van der Waals surface area contributed by atoms with E-state index in [0.29, 0.717) is 30.5 Å². The Bertz CT molecular complexity index is 616. The van der Waals surface area contributed by atoms with Crippen molar-refractivity contribution in [1.29, 1.82) is 0 Å². The van der Waals surface area contributed by atoms with E-state index in [9.17, 15) is 9.59 Å². The van der Waals surface area contributed by atoms with Gasteiger partial charge in [0.25, 0.3) is 5.91 Å². The molecule has 0 spiro atoms. The van der Waals surface area contributed by atoms with Crippen molar-refractivity contribution in [3.8, 4) is 0 Å². The van der Waals surface area contributed by atoms with Crippen molar-refractivity contribution in [2.45, 2.75) is 38.0 Å². The number of aromatic amines is 1. The lowest BCUT2D eigenvalue weighted by Gasteiger charge is -2.35. The predicted molar refractivity (Wildman–Crippen MR) is 85.4 cm³/mol. The van der Waals surface area contributed by atoms with Crippen LogP contribution in [0.25, 0.3) is 0 Å². The average molecular weight is 336 g/mol. The van der Waals surface area contributed by atoms with Crippen molar-refractivity contribution in [1.82, 2.24) is 30.5 Å². The summed E-state index contributed by atoms with van der Waals surface area (Å²) in [6, 6.07) is 0.352. The van der Waals surface area contributed by atoms with Crippen LogP contribution in [0.4, 0.5) is 0 Å². The summed E-state index contributed by atoms with van der Waals surface area (Å²) in [6.45, 7) is 3.83. The molecule has 0 unspecified atom stereocenters. The maximum Gasteiger partial charge on any atom is 0.274 e. The van der Waals surface area contributed by atoms with Crippen molar-refractivity contribution in [2.24, 2.45) is 0 Å². The number of rotatable bonds is 4.